The Kier molecular flexibility index (Phi) is 5.03. The molecule has 0 spiro atoms. The molecule has 2 N–H and O–H groups in total. The summed E-state index contributed by atoms with van der Waals surface area (Å²) in [6, 6.07) is 14.2. The molecule has 0 saturated carbocycles. The maximum absolute atomic E-state index is 13.2. The van der Waals surface area contributed by atoms with Crippen molar-refractivity contribution in [2.24, 2.45) is 5.73 Å². The van der Waals surface area contributed by atoms with Gasteiger partial charge >= 0.3 is 0 Å². The second-order valence-corrected chi connectivity index (χ2v) is 6.90. The van der Waals surface area contributed by atoms with Crippen LogP contribution in [0.3, 0.4) is 0 Å². The lowest BCUT2D eigenvalue weighted by molar-refractivity contribution is -0.124. The van der Waals surface area contributed by atoms with Crippen LogP contribution in [0.1, 0.15) is 37.0 Å². The van der Waals surface area contributed by atoms with Gasteiger partial charge in [-0.2, -0.15) is 0 Å². The first-order valence-corrected chi connectivity index (χ1v) is 9.06. The molecule has 2 aromatic rings. The molecule has 0 bridgehead atoms. The Morgan fingerprint density at radius 1 is 1.15 bits per heavy atom. The minimum Gasteiger partial charge on any atom is -0.317 e. The van der Waals surface area contributed by atoms with E-state index in [4.69, 9.17) is 17.3 Å². The molecule has 1 aliphatic heterocycles. The molecule has 2 aromatic carbocycles. The van der Waals surface area contributed by atoms with Crippen LogP contribution in [-0.4, -0.2) is 24.0 Å². The highest BCUT2D eigenvalue weighted by Crippen LogP contribution is 2.33. The molecule has 0 radical (unpaired) electrons. The van der Waals surface area contributed by atoms with Gasteiger partial charge in [0.25, 0.3) is 5.91 Å². The van der Waals surface area contributed by atoms with Gasteiger partial charge < -0.3 is 5.73 Å². The molecule has 0 unspecified atom stereocenters. The van der Waals surface area contributed by atoms with E-state index in [1.165, 1.54) is 0 Å². The summed E-state index contributed by atoms with van der Waals surface area (Å²) < 4.78 is 0. The van der Waals surface area contributed by atoms with Gasteiger partial charge in [0.05, 0.1) is 16.8 Å². The number of hydrogen-bond donors (Lipinski definition) is 1. The number of amides is 2. The molecule has 0 aromatic heterocycles. The number of rotatable bonds is 4. The molecule has 1 heterocycles. The lowest BCUT2D eigenvalue weighted by Gasteiger charge is -2.40. The fraction of sp³-hybridized carbons (Fsp3) is 0.300. The number of halogens is 1. The zero-order valence-electron chi connectivity index (χ0n) is 14.9. The summed E-state index contributed by atoms with van der Waals surface area (Å²) in [6.45, 7) is 3.91. The van der Waals surface area contributed by atoms with Crippen LogP contribution in [0.5, 0.6) is 0 Å². The standard InChI is InChI=1S/C20H22ClN3O2/c1-3-20(22,4-2)19(26)24-13-23(15-9-7-8-14(21)12-15)18(25)16-10-5-6-11-17(16)24/h5-12H,3-4,13,22H2,1-2H3. The second-order valence-electron chi connectivity index (χ2n) is 6.47. The van der Waals surface area contributed by atoms with Crippen molar-refractivity contribution in [2.75, 3.05) is 16.5 Å². The van der Waals surface area contributed by atoms with Crippen molar-refractivity contribution in [1.82, 2.24) is 0 Å². The van der Waals surface area contributed by atoms with Crippen molar-refractivity contribution in [3.8, 4) is 0 Å². The van der Waals surface area contributed by atoms with Crippen molar-refractivity contribution < 1.29 is 9.59 Å². The van der Waals surface area contributed by atoms with Crippen molar-refractivity contribution in [1.29, 1.82) is 0 Å². The first-order valence-electron chi connectivity index (χ1n) is 8.68. The Hall–Kier alpha value is -2.37. The van der Waals surface area contributed by atoms with Crippen LogP contribution in [-0.2, 0) is 4.79 Å². The first-order chi connectivity index (χ1) is 12.4. The van der Waals surface area contributed by atoms with Gasteiger partial charge in [-0.3, -0.25) is 19.4 Å². The molecule has 1 aliphatic rings. The van der Waals surface area contributed by atoms with Gasteiger partial charge in [0.15, 0.2) is 0 Å². The first kappa shape index (κ1) is 18.4. The van der Waals surface area contributed by atoms with Crippen molar-refractivity contribution in [3.63, 3.8) is 0 Å². The molecule has 0 aliphatic carbocycles. The van der Waals surface area contributed by atoms with E-state index in [0.717, 1.165) is 0 Å². The maximum Gasteiger partial charge on any atom is 0.261 e. The molecular formula is C20H22ClN3O2. The third-order valence-corrected chi connectivity index (χ3v) is 5.24. The monoisotopic (exact) mass is 371 g/mol. The molecule has 136 valence electrons. The summed E-state index contributed by atoms with van der Waals surface area (Å²) >= 11 is 6.09. The Bertz CT molecular complexity index is 848. The predicted octanol–water partition coefficient (Wildman–Crippen LogP) is 3.81. The van der Waals surface area contributed by atoms with Crippen LogP contribution in [0.25, 0.3) is 0 Å². The normalized spacial score (nSPS) is 14.4. The van der Waals surface area contributed by atoms with Gasteiger partial charge in [-0.25, -0.2) is 0 Å². The topological polar surface area (TPSA) is 66.6 Å². The van der Waals surface area contributed by atoms with Crippen molar-refractivity contribution in [2.45, 2.75) is 32.2 Å². The minimum absolute atomic E-state index is 0.105. The van der Waals surface area contributed by atoms with Crippen LogP contribution in [0.2, 0.25) is 5.02 Å². The van der Waals surface area contributed by atoms with Crippen LogP contribution < -0.4 is 15.5 Å². The summed E-state index contributed by atoms with van der Waals surface area (Å²) in [5.74, 6) is -0.350. The molecule has 0 fully saturated rings. The number of nitrogens with zero attached hydrogens (tertiary/aromatic N) is 2. The molecule has 26 heavy (non-hydrogen) atoms. The fourth-order valence-electron chi connectivity index (χ4n) is 3.15. The third kappa shape index (κ3) is 3.08. The van der Waals surface area contributed by atoms with Crippen LogP contribution in [0.15, 0.2) is 48.5 Å². The number of para-hydroxylation sites is 1. The van der Waals surface area contributed by atoms with Crippen LogP contribution in [0, 0.1) is 0 Å². The van der Waals surface area contributed by atoms with Crippen molar-refractivity contribution in [3.05, 3.63) is 59.1 Å². The highest BCUT2D eigenvalue weighted by atomic mass is 35.5. The summed E-state index contributed by atoms with van der Waals surface area (Å²) in [6.07, 6.45) is 1.04. The van der Waals surface area contributed by atoms with Gasteiger partial charge in [0.1, 0.15) is 6.67 Å². The highest BCUT2D eigenvalue weighted by Gasteiger charge is 2.40. The van der Waals surface area contributed by atoms with Crippen LogP contribution >= 0.6 is 11.6 Å². The van der Waals surface area contributed by atoms with Gasteiger partial charge in [-0.15, -0.1) is 0 Å². The highest BCUT2D eigenvalue weighted by molar-refractivity contribution is 6.31. The van der Waals surface area contributed by atoms with Gasteiger partial charge in [0.2, 0.25) is 5.91 Å². The van der Waals surface area contributed by atoms with Gasteiger partial charge in [-0.1, -0.05) is 43.6 Å². The number of benzene rings is 2. The van der Waals surface area contributed by atoms with Gasteiger partial charge in [-0.05, 0) is 43.2 Å². The lowest BCUT2D eigenvalue weighted by Crippen LogP contribution is -2.59. The number of carbonyl (C=O) groups is 2. The zero-order valence-corrected chi connectivity index (χ0v) is 15.7. The zero-order chi connectivity index (χ0) is 18.9. The predicted molar refractivity (Wildman–Crippen MR) is 105 cm³/mol. The number of fused-ring (bicyclic) bond motifs is 1. The number of nitrogens with two attached hydrogens (primary N) is 1. The molecule has 0 saturated heterocycles. The lowest BCUT2D eigenvalue weighted by atomic mass is 9.91. The molecule has 3 rings (SSSR count). The SMILES string of the molecule is CCC(N)(CC)C(=O)N1CN(c2cccc(Cl)c2)C(=O)c2ccccc21. The van der Waals surface area contributed by atoms with Crippen molar-refractivity contribution >= 4 is 34.8 Å². The maximum atomic E-state index is 13.2. The van der Waals surface area contributed by atoms with E-state index >= 15 is 0 Å². The van der Waals surface area contributed by atoms with E-state index in [-0.39, 0.29) is 18.5 Å². The van der Waals surface area contributed by atoms with E-state index in [2.05, 4.69) is 0 Å². The Morgan fingerprint density at radius 2 is 1.85 bits per heavy atom. The summed E-state index contributed by atoms with van der Waals surface area (Å²) in [5, 5.41) is 0.530. The third-order valence-electron chi connectivity index (χ3n) is 5.01. The van der Waals surface area contributed by atoms with E-state index in [9.17, 15) is 9.59 Å². The van der Waals surface area contributed by atoms with Gasteiger partial charge in [0, 0.05) is 10.7 Å². The average Bonchev–Trinajstić information content (AvgIpc) is 2.67. The summed E-state index contributed by atoms with van der Waals surface area (Å²) in [4.78, 5) is 29.4. The Labute approximate surface area is 158 Å². The molecular weight excluding hydrogens is 350 g/mol. The summed E-state index contributed by atoms with van der Waals surface area (Å²) in [7, 11) is 0. The van der Waals surface area contributed by atoms with E-state index in [1.54, 1.807) is 52.3 Å². The Balaban J connectivity index is 2.09. The molecule has 6 heteroatoms. The number of carbonyl (C=O) groups excluding carboxylic acids is 2. The minimum atomic E-state index is -0.965. The fourth-order valence-corrected chi connectivity index (χ4v) is 3.34. The van der Waals surface area contributed by atoms with E-state index < -0.39 is 5.54 Å². The smallest absolute Gasteiger partial charge is 0.261 e. The second kappa shape index (κ2) is 7.09. The van der Waals surface area contributed by atoms with E-state index in [0.29, 0.717) is 34.8 Å². The molecule has 5 nitrogen and oxygen atoms in total. The molecule has 2 amide bonds. The number of anilines is 2. The largest absolute Gasteiger partial charge is 0.317 e. The van der Waals surface area contributed by atoms with Crippen LogP contribution in [0.4, 0.5) is 11.4 Å². The quantitative estimate of drug-likeness (QED) is 0.888. The average molecular weight is 372 g/mol. The van der Waals surface area contributed by atoms with E-state index in [1.807, 2.05) is 19.9 Å². The Morgan fingerprint density at radius 3 is 2.50 bits per heavy atom. The number of hydrogen-bond acceptors (Lipinski definition) is 3. The molecule has 0 atom stereocenters. The summed E-state index contributed by atoms with van der Waals surface area (Å²) in [5.41, 5.74) is 7.10.